The van der Waals surface area contributed by atoms with E-state index in [1.165, 1.54) is 12.8 Å². The van der Waals surface area contributed by atoms with E-state index in [0.29, 0.717) is 5.41 Å². The molecule has 0 radical (unpaired) electrons. The molecule has 1 aliphatic heterocycles. The van der Waals surface area contributed by atoms with E-state index in [1.54, 1.807) is 0 Å². The number of hydrogen-bond donors (Lipinski definition) is 1. The van der Waals surface area contributed by atoms with Crippen molar-refractivity contribution in [1.82, 2.24) is 5.32 Å². The van der Waals surface area contributed by atoms with Gasteiger partial charge < -0.3 is 14.8 Å². The molecule has 1 saturated heterocycles. The van der Waals surface area contributed by atoms with Crippen molar-refractivity contribution in [3.63, 3.8) is 0 Å². The van der Waals surface area contributed by atoms with Crippen molar-refractivity contribution in [3.05, 3.63) is 0 Å². The highest BCUT2D eigenvalue weighted by Crippen LogP contribution is 2.28. The molecule has 0 unspecified atom stereocenters. The zero-order valence-corrected chi connectivity index (χ0v) is 11.3. The van der Waals surface area contributed by atoms with E-state index in [1.807, 2.05) is 0 Å². The molecular formula is C13H27NO2. The van der Waals surface area contributed by atoms with Gasteiger partial charge in [-0.05, 0) is 39.0 Å². The van der Waals surface area contributed by atoms with Crippen LogP contribution in [0.4, 0.5) is 0 Å². The highest BCUT2D eigenvalue weighted by Gasteiger charge is 2.26. The van der Waals surface area contributed by atoms with Gasteiger partial charge in [-0.1, -0.05) is 6.92 Å². The average Bonchev–Trinajstić information content (AvgIpc) is 2.16. The third kappa shape index (κ3) is 5.83. The summed E-state index contributed by atoms with van der Waals surface area (Å²) in [5.41, 5.74) is 0.393. The molecule has 1 N–H and O–H groups in total. The predicted octanol–water partition coefficient (Wildman–Crippen LogP) is 2.21. The lowest BCUT2D eigenvalue weighted by Gasteiger charge is -2.33. The van der Waals surface area contributed by atoms with Gasteiger partial charge in [0.15, 0.2) is 0 Å². The molecule has 0 saturated carbocycles. The van der Waals surface area contributed by atoms with Crippen LogP contribution in [0.1, 0.15) is 40.5 Å². The summed E-state index contributed by atoms with van der Waals surface area (Å²) in [5.74, 6) is 0. The minimum absolute atomic E-state index is 0.0236. The second-order valence-electron chi connectivity index (χ2n) is 6.06. The number of rotatable bonds is 5. The van der Waals surface area contributed by atoms with Gasteiger partial charge in [0, 0.05) is 26.3 Å². The van der Waals surface area contributed by atoms with Crippen molar-refractivity contribution in [3.8, 4) is 0 Å². The van der Waals surface area contributed by atoms with E-state index in [4.69, 9.17) is 9.47 Å². The zero-order valence-electron chi connectivity index (χ0n) is 11.3. The molecule has 0 aromatic carbocycles. The van der Waals surface area contributed by atoms with Crippen molar-refractivity contribution < 1.29 is 9.47 Å². The van der Waals surface area contributed by atoms with Gasteiger partial charge >= 0.3 is 0 Å². The van der Waals surface area contributed by atoms with Gasteiger partial charge in [0.05, 0.1) is 12.2 Å². The quantitative estimate of drug-likeness (QED) is 0.733. The zero-order chi connectivity index (χ0) is 12.1. The number of ether oxygens (including phenoxy) is 2. The summed E-state index contributed by atoms with van der Waals surface area (Å²) in [4.78, 5) is 0. The van der Waals surface area contributed by atoms with E-state index in [2.05, 4.69) is 33.0 Å². The standard InChI is InChI=1S/C13H27NO2/c1-12(2,3)16-10-7-14-11-13(4)5-8-15-9-6-13/h14H,5-11H2,1-4H3. The first-order valence-electron chi connectivity index (χ1n) is 6.34. The monoisotopic (exact) mass is 229 g/mol. The van der Waals surface area contributed by atoms with Gasteiger partial charge in [0.25, 0.3) is 0 Å². The lowest BCUT2D eigenvalue weighted by Crippen LogP contribution is -2.38. The lowest BCUT2D eigenvalue weighted by atomic mass is 9.82. The minimum Gasteiger partial charge on any atom is -0.381 e. The van der Waals surface area contributed by atoms with Gasteiger partial charge in [-0.3, -0.25) is 0 Å². The fraction of sp³-hybridized carbons (Fsp3) is 1.00. The van der Waals surface area contributed by atoms with Gasteiger partial charge in [-0.2, -0.15) is 0 Å². The molecule has 1 rings (SSSR count). The van der Waals surface area contributed by atoms with Crippen molar-refractivity contribution in [2.45, 2.75) is 46.1 Å². The van der Waals surface area contributed by atoms with Crippen LogP contribution in [0.2, 0.25) is 0 Å². The van der Waals surface area contributed by atoms with Crippen LogP contribution < -0.4 is 5.32 Å². The Hall–Kier alpha value is -0.120. The summed E-state index contributed by atoms with van der Waals surface area (Å²) < 4.78 is 11.0. The van der Waals surface area contributed by atoms with Crippen molar-refractivity contribution in [2.24, 2.45) is 5.41 Å². The van der Waals surface area contributed by atoms with Crippen LogP contribution in [-0.4, -0.2) is 38.5 Å². The normalized spacial score (nSPS) is 21.0. The molecule has 1 aliphatic rings. The molecule has 1 heterocycles. The summed E-state index contributed by atoms with van der Waals surface area (Å²) in [6.45, 7) is 13.2. The lowest BCUT2D eigenvalue weighted by molar-refractivity contribution is -0.00453. The Labute approximate surface area is 99.9 Å². The van der Waals surface area contributed by atoms with Crippen LogP contribution in [-0.2, 0) is 9.47 Å². The largest absolute Gasteiger partial charge is 0.381 e. The first kappa shape index (κ1) is 13.9. The fourth-order valence-corrected chi connectivity index (χ4v) is 1.86. The van der Waals surface area contributed by atoms with Crippen LogP contribution in [0.3, 0.4) is 0 Å². The second-order valence-corrected chi connectivity index (χ2v) is 6.06. The molecule has 0 aliphatic carbocycles. The molecule has 3 nitrogen and oxygen atoms in total. The summed E-state index contributed by atoms with van der Waals surface area (Å²) in [7, 11) is 0. The third-order valence-corrected chi connectivity index (χ3v) is 3.07. The van der Waals surface area contributed by atoms with E-state index in [0.717, 1.165) is 32.9 Å². The van der Waals surface area contributed by atoms with Gasteiger partial charge in [-0.25, -0.2) is 0 Å². The summed E-state index contributed by atoms with van der Waals surface area (Å²) >= 11 is 0. The minimum atomic E-state index is -0.0236. The predicted molar refractivity (Wildman–Crippen MR) is 66.7 cm³/mol. The molecule has 96 valence electrons. The maximum absolute atomic E-state index is 5.66. The van der Waals surface area contributed by atoms with Gasteiger partial charge in [-0.15, -0.1) is 0 Å². The number of hydrogen-bond acceptors (Lipinski definition) is 3. The van der Waals surface area contributed by atoms with Crippen LogP contribution in [0.25, 0.3) is 0 Å². The Morgan fingerprint density at radius 1 is 1.25 bits per heavy atom. The molecule has 0 bridgehead atoms. The van der Waals surface area contributed by atoms with Crippen LogP contribution >= 0.6 is 0 Å². The maximum Gasteiger partial charge on any atom is 0.0599 e. The Morgan fingerprint density at radius 2 is 1.88 bits per heavy atom. The van der Waals surface area contributed by atoms with Crippen LogP contribution in [0.15, 0.2) is 0 Å². The molecule has 16 heavy (non-hydrogen) atoms. The van der Waals surface area contributed by atoms with E-state index in [-0.39, 0.29) is 5.60 Å². The molecule has 0 aromatic heterocycles. The van der Waals surface area contributed by atoms with Crippen molar-refractivity contribution in [2.75, 3.05) is 32.9 Å². The highest BCUT2D eigenvalue weighted by atomic mass is 16.5. The summed E-state index contributed by atoms with van der Waals surface area (Å²) in [6.07, 6.45) is 2.33. The van der Waals surface area contributed by atoms with Crippen LogP contribution in [0.5, 0.6) is 0 Å². The molecule has 0 amide bonds. The second kappa shape index (κ2) is 5.99. The van der Waals surface area contributed by atoms with Crippen LogP contribution in [0, 0.1) is 5.41 Å². The smallest absolute Gasteiger partial charge is 0.0599 e. The van der Waals surface area contributed by atoms with Gasteiger partial charge in [0.2, 0.25) is 0 Å². The van der Waals surface area contributed by atoms with Crippen molar-refractivity contribution >= 4 is 0 Å². The Bertz CT molecular complexity index is 193. The third-order valence-electron chi connectivity index (χ3n) is 3.07. The Morgan fingerprint density at radius 3 is 2.44 bits per heavy atom. The Kier molecular flexibility index (Phi) is 5.22. The molecule has 0 aromatic rings. The average molecular weight is 229 g/mol. The molecule has 3 heteroatoms. The molecular weight excluding hydrogens is 202 g/mol. The number of nitrogens with one attached hydrogen (secondary N) is 1. The van der Waals surface area contributed by atoms with E-state index in [9.17, 15) is 0 Å². The molecule has 1 fully saturated rings. The molecule has 0 atom stereocenters. The SMILES string of the molecule is CC1(CNCCOC(C)(C)C)CCOCC1. The van der Waals surface area contributed by atoms with Gasteiger partial charge in [0.1, 0.15) is 0 Å². The van der Waals surface area contributed by atoms with E-state index < -0.39 is 0 Å². The summed E-state index contributed by atoms with van der Waals surface area (Å²) in [6, 6.07) is 0. The Balaban J connectivity index is 2.06. The first-order valence-corrected chi connectivity index (χ1v) is 6.34. The first-order chi connectivity index (χ1) is 7.41. The van der Waals surface area contributed by atoms with E-state index >= 15 is 0 Å². The molecule has 0 spiro atoms. The highest BCUT2D eigenvalue weighted by molar-refractivity contribution is 4.79. The fourth-order valence-electron chi connectivity index (χ4n) is 1.86. The maximum atomic E-state index is 5.66. The summed E-state index contributed by atoms with van der Waals surface area (Å²) in [5, 5.41) is 3.49. The van der Waals surface area contributed by atoms with Crippen molar-refractivity contribution in [1.29, 1.82) is 0 Å². The topological polar surface area (TPSA) is 30.5 Å².